The Bertz CT molecular complexity index is 991. The maximum Gasteiger partial charge on any atom is 0.282 e. The molecular formula is C17H12ClN3O6. The van der Waals surface area contributed by atoms with Gasteiger partial charge in [-0.1, -0.05) is 17.7 Å². The second-order valence-electron chi connectivity index (χ2n) is 5.55. The monoisotopic (exact) mass is 389 g/mol. The molecule has 1 aliphatic rings. The topological polar surface area (TPSA) is 119 Å². The molecule has 0 aromatic heterocycles. The number of nitrogens with zero attached hydrogens (tertiary/aromatic N) is 2. The zero-order chi connectivity index (χ0) is 19.7. The number of nitro groups is 1. The standard InChI is InChI=1S/C17H12ClN3O6/c1-27-13-6-5-9(7-11(13)18)19-14(22)8-20-16(23)10-3-2-4-12(21(25)26)15(10)17(20)24/h2-7H,8H2,1H3,(H,19,22). The predicted octanol–water partition coefficient (Wildman–Crippen LogP) is 2.49. The second kappa shape index (κ2) is 7.04. The third-order valence-electron chi connectivity index (χ3n) is 3.91. The highest BCUT2D eigenvalue weighted by Gasteiger charge is 2.41. The van der Waals surface area contributed by atoms with Crippen molar-refractivity contribution in [1.29, 1.82) is 0 Å². The second-order valence-corrected chi connectivity index (χ2v) is 5.96. The number of rotatable bonds is 5. The van der Waals surface area contributed by atoms with E-state index in [2.05, 4.69) is 5.32 Å². The normalized spacial score (nSPS) is 12.7. The van der Waals surface area contributed by atoms with Crippen LogP contribution < -0.4 is 10.1 Å². The van der Waals surface area contributed by atoms with Gasteiger partial charge in [-0.25, -0.2) is 0 Å². The minimum atomic E-state index is -0.884. The van der Waals surface area contributed by atoms with E-state index in [1.54, 1.807) is 6.07 Å². The van der Waals surface area contributed by atoms with E-state index in [1.807, 2.05) is 0 Å². The summed E-state index contributed by atoms with van der Waals surface area (Å²) in [5.74, 6) is -1.89. The number of nitro benzene ring substituents is 1. The first kappa shape index (κ1) is 18.3. The summed E-state index contributed by atoms with van der Waals surface area (Å²) in [4.78, 5) is 48.1. The van der Waals surface area contributed by atoms with Crippen molar-refractivity contribution in [3.8, 4) is 5.75 Å². The highest BCUT2D eigenvalue weighted by Crippen LogP contribution is 2.31. The number of imide groups is 1. The third kappa shape index (κ3) is 3.32. The molecule has 0 aliphatic carbocycles. The maximum absolute atomic E-state index is 12.4. The highest BCUT2D eigenvalue weighted by atomic mass is 35.5. The number of nitrogens with one attached hydrogen (secondary N) is 1. The number of amides is 3. The van der Waals surface area contributed by atoms with Crippen LogP contribution in [0.25, 0.3) is 0 Å². The fraction of sp³-hybridized carbons (Fsp3) is 0.118. The van der Waals surface area contributed by atoms with Gasteiger partial charge in [-0.2, -0.15) is 0 Å². The largest absolute Gasteiger partial charge is 0.495 e. The fourth-order valence-electron chi connectivity index (χ4n) is 2.70. The molecule has 1 heterocycles. The molecule has 0 bridgehead atoms. The molecule has 0 unspecified atom stereocenters. The molecule has 1 aliphatic heterocycles. The Kier molecular flexibility index (Phi) is 4.78. The Morgan fingerprint density at radius 1 is 1.26 bits per heavy atom. The van der Waals surface area contributed by atoms with E-state index in [9.17, 15) is 24.5 Å². The van der Waals surface area contributed by atoms with Gasteiger partial charge in [0.05, 0.1) is 22.6 Å². The SMILES string of the molecule is COc1ccc(NC(=O)CN2C(=O)c3cccc([N+](=O)[O-])c3C2=O)cc1Cl. The number of methoxy groups -OCH3 is 1. The average Bonchev–Trinajstić information content (AvgIpc) is 2.87. The van der Waals surface area contributed by atoms with Crippen LogP contribution in [0.15, 0.2) is 36.4 Å². The average molecular weight is 390 g/mol. The predicted molar refractivity (Wildman–Crippen MR) is 95.1 cm³/mol. The van der Waals surface area contributed by atoms with E-state index in [-0.39, 0.29) is 16.1 Å². The van der Waals surface area contributed by atoms with Gasteiger partial charge in [0.2, 0.25) is 5.91 Å². The molecule has 1 N–H and O–H groups in total. The molecule has 0 saturated carbocycles. The maximum atomic E-state index is 12.4. The quantitative estimate of drug-likeness (QED) is 0.476. The molecule has 2 aromatic rings. The summed E-state index contributed by atoms with van der Waals surface area (Å²) >= 11 is 5.98. The van der Waals surface area contributed by atoms with Crippen molar-refractivity contribution in [2.45, 2.75) is 0 Å². The molecule has 3 rings (SSSR count). The zero-order valence-corrected chi connectivity index (χ0v) is 14.6. The number of fused-ring (bicyclic) bond motifs is 1. The van der Waals surface area contributed by atoms with E-state index in [1.165, 1.54) is 31.4 Å². The van der Waals surface area contributed by atoms with Crippen molar-refractivity contribution < 1.29 is 24.0 Å². The number of hydrogen-bond donors (Lipinski definition) is 1. The Balaban J connectivity index is 1.78. The molecule has 9 nitrogen and oxygen atoms in total. The van der Waals surface area contributed by atoms with E-state index >= 15 is 0 Å². The third-order valence-corrected chi connectivity index (χ3v) is 4.21. The van der Waals surface area contributed by atoms with Crippen molar-refractivity contribution >= 4 is 40.7 Å². The smallest absolute Gasteiger partial charge is 0.282 e. The molecule has 2 aromatic carbocycles. The Labute approximate surface area is 157 Å². The number of anilines is 1. The van der Waals surface area contributed by atoms with Crippen LogP contribution >= 0.6 is 11.6 Å². The van der Waals surface area contributed by atoms with Crippen molar-refractivity contribution in [2.75, 3.05) is 19.0 Å². The highest BCUT2D eigenvalue weighted by molar-refractivity contribution is 6.32. The molecule has 3 amide bonds. The van der Waals surface area contributed by atoms with Crippen molar-refractivity contribution in [1.82, 2.24) is 4.90 Å². The van der Waals surface area contributed by atoms with Crippen LogP contribution in [0.4, 0.5) is 11.4 Å². The van der Waals surface area contributed by atoms with Crippen LogP contribution in [-0.4, -0.2) is 41.2 Å². The Morgan fingerprint density at radius 2 is 2.00 bits per heavy atom. The molecule has 27 heavy (non-hydrogen) atoms. The van der Waals surface area contributed by atoms with Gasteiger partial charge in [-0.15, -0.1) is 0 Å². The number of ether oxygens (including phenoxy) is 1. The molecule has 0 atom stereocenters. The van der Waals surface area contributed by atoms with Crippen LogP contribution in [0, 0.1) is 10.1 Å². The summed E-state index contributed by atoms with van der Waals surface area (Å²) in [6.07, 6.45) is 0. The number of halogens is 1. The van der Waals surface area contributed by atoms with Crippen LogP contribution in [-0.2, 0) is 4.79 Å². The Hall–Kier alpha value is -3.46. The number of benzene rings is 2. The van der Waals surface area contributed by atoms with Gasteiger partial charge in [-0.3, -0.25) is 29.4 Å². The molecule has 0 saturated heterocycles. The summed E-state index contributed by atoms with van der Waals surface area (Å²) in [5, 5.41) is 13.9. The lowest BCUT2D eigenvalue weighted by molar-refractivity contribution is -0.385. The van der Waals surface area contributed by atoms with Gasteiger partial charge >= 0.3 is 0 Å². The molecule has 0 radical (unpaired) electrons. The van der Waals surface area contributed by atoms with Crippen molar-refractivity contribution in [3.05, 3.63) is 62.7 Å². The summed E-state index contributed by atoms with van der Waals surface area (Å²) in [6, 6.07) is 8.28. The van der Waals surface area contributed by atoms with Gasteiger partial charge in [0.1, 0.15) is 17.9 Å². The van der Waals surface area contributed by atoms with Crippen LogP contribution in [0.5, 0.6) is 5.75 Å². The van der Waals surface area contributed by atoms with Gasteiger partial charge in [0, 0.05) is 11.8 Å². The van der Waals surface area contributed by atoms with E-state index < -0.39 is 34.9 Å². The van der Waals surface area contributed by atoms with E-state index in [0.717, 1.165) is 6.07 Å². The number of carbonyl (C=O) groups excluding carboxylic acids is 3. The van der Waals surface area contributed by atoms with Crippen LogP contribution in [0.2, 0.25) is 5.02 Å². The van der Waals surface area contributed by atoms with Crippen molar-refractivity contribution in [3.63, 3.8) is 0 Å². The van der Waals surface area contributed by atoms with E-state index in [0.29, 0.717) is 16.3 Å². The fourth-order valence-corrected chi connectivity index (χ4v) is 2.96. The Morgan fingerprint density at radius 3 is 2.63 bits per heavy atom. The minimum absolute atomic E-state index is 0.102. The van der Waals surface area contributed by atoms with Gasteiger partial charge in [0.25, 0.3) is 17.5 Å². The first-order chi connectivity index (χ1) is 12.8. The number of hydrogen-bond acceptors (Lipinski definition) is 6. The van der Waals surface area contributed by atoms with Gasteiger partial charge in [-0.05, 0) is 24.3 Å². The molecule has 0 spiro atoms. The van der Waals surface area contributed by atoms with Gasteiger partial charge in [0.15, 0.2) is 0 Å². The molecule has 138 valence electrons. The molecular weight excluding hydrogens is 378 g/mol. The minimum Gasteiger partial charge on any atom is -0.495 e. The van der Waals surface area contributed by atoms with Crippen molar-refractivity contribution in [2.24, 2.45) is 0 Å². The van der Waals surface area contributed by atoms with Crippen LogP contribution in [0.1, 0.15) is 20.7 Å². The summed E-state index contributed by atoms with van der Waals surface area (Å²) < 4.78 is 5.01. The van der Waals surface area contributed by atoms with E-state index in [4.69, 9.17) is 16.3 Å². The number of carbonyl (C=O) groups is 3. The van der Waals surface area contributed by atoms with Gasteiger partial charge < -0.3 is 10.1 Å². The van der Waals surface area contributed by atoms with Crippen LogP contribution in [0.3, 0.4) is 0 Å². The first-order valence-electron chi connectivity index (χ1n) is 7.60. The summed E-state index contributed by atoms with van der Waals surface area (Å²) in [6.45, 7) is -0.590. The lowest BCUT2D eigenvalue weighted by atomic mass is 10.1. The lowest BCUT2D eigenvalue weighted by Crippen LogP contribution is -2.37. The lowest BCUT2D eigenvalue weighted by Gasteiger charge is -2.14. The summed E-state index contributed by atoms with van der Waals surface area (Å²) in [7, 11) is 1.45. The molecule has 0 fully saturated rings. The first-order valence-corrected chi connectivity index (χ1v) is 7.98. The summed E-state index contributed by atoms with van der Waals surface area (Å²) in [5.41, 5.74) is -0.550. The zero-order valence-electron chi connectivity index (χ0n) is 13.9. The molecule has 10 heteroatoms.